The average molecular weight is 370 g/mol. The first-order chi connectivity index (χ1) is 11.2. The number of amides is 1. The van der Waals surface area contributed by atoms with Gasteiger partial charge in [-0.15, -0.1) is 0 Å². The number of ether oxygens (including phenoxy) is 2. The number of benzene rings is 1. The first-order valence-corrected chi connectivity index (χ1v) is 7.90. The Hall–Kier alpha value is -2.05. The summed E-state index contributed by atoms with van der Waals surface area (Å²) in [5, 5.41) is 3.07. The molecule has 2 rings (SSSR count). The summed E-state index contributed by atoms with van der Waals surface area (Å²) >= 11 is 11.6. The van der Waals surface area contributed by atoms with Gasteiger partial charge in [0.25, 0.3) is 0 Å². The van der Waals surface area contributed by atoms with Crippen LogP contribution in [0.5, 0.6) is 11.8 Å². The first-order valence-electron chi connectivity index (χ1n) is 7.15. The minimum Gasteiger partial charge on any atom is -0.444 e. The predicted molar refractivity (Wildman–Crippen MR) is 91.6 cm³/mol. The second-order valence-electron chi connectivity index (χ2n) is 5.90. The molecule has 0 bridgehead atoms. The average Bonchev–Trinajstić information content (AvgIpc) is 2.43. The van der Waals surface area contributed by atoms with E-state index in [4.69, 9.17) is 32.7 Å². The van der Waals surface area contributed by atoms with Crippen molar-refractivity contribution in [2.45, 2.75) is 32.9 Å². The zero-order chi connectivity index (χ0) is 17.7. The first kappa shape index (κ1) is 18.3. The fourth-order valence-electron chi connectivity index (χ4n) is 1.69. The quantitative estimate of drug-likeness (QED) is 0.797. The molecule has 0 radical (unpaired) electrons. The minimum absolute atomic E-state index is 0.0622. The van der Waals surface area contributed by atoms with Crippen molar-refractivity contribution in [1.29, 1.82) is 0 Å². The van der Waals surface area contributed by atoms with Gasteiger partial charge in [-0.2, -0.15) is 9.97 Å². The van der Waals surface area contributed by atoms with Gasteiger partial charge in [0.05, 0.1) is 0 Å². The summed E-state index contributed by atoms with van der Waals surface area (Å²) in [5.74, 6) is 0.523. The third-order valence-electron chi connectivity index (χ3n) is 2.61. The normalized spacial score (nSPS) is 11.0. The van der Waals surface area contributed by atoms with Gasteiger partial charge in [0, 0.05) is 12.6 Å². The Kier molecular flexibility index (Phi) is 5.85. The van der Waals surface area contributed by atoms with E-state index in [2.05, 4.69) is 15.3 Å². The Labute approximate surface area is 150 Å². The molecule has 1 N–H and O–H groups in total. The van der Waals surface area contributed by atoms with Crippen molar-refractivity contribution < 1.29 is 14.3 Å². The lowest BCUT2D eigenvalue weighted by atomic mass is 10.2. The fourth-order valence-corrected chi connectivity index (χ4v) is 2.09. The summed E-state index contributed by atoms with van der Waals surface area (Å²) in [6.45, 7) is 5.77. The van der Waals surface area contributed by atoms with E-state index in [1.54, 1.807) is 24.3 Å². The van der Waals surface area contributed by atoms with E-state index in [1.807, 2.05) is 20.8 Å². The summed E-state index contributed by atoms with van der Waals surface area (Å²) in [5.41, 5.74) is 0.360. The Morgan fingerprint density at radius 1 is 1.12 bits per heavy atom. The van der Waals surface area contributed by atoms with Crippen molar-refractivity contribution in [3.63, 3.8) is 0 Å². The van der Waals surface area contributed by atoms with Crippen LogP contribution in [0, 0.1) is 0 Å². The van der Waals surface area contributed by atoms with Crippen LogP contribution in [-0.2, 0) is 11.3 Å². The molecule has 0 fully saturated rings. The van der Waals surface area contributed by atoms with Crippen LogP contribution in [0.3, 0.4) is 0 Å². The van der Waals surface area contributed by atoms with Crippen LogP contribution in [0.2, 0.25) is 10.3 Å². The number of halogens is 2. The number of hydrogen-bond donors (Lipinski definition) is 1. The fraction of sp³-hybridized carbons (Fsp3) is 0.312. The summed E-state index contributed by atoms with van der Waals surface area (Å²) in [6.07, 6.45) is -0.468. The van der Waals surface area contributed by atoms with E-state index in [0.29, 0.717) is 12.3 Å². The highest BCUT2D eigenvalue weighted by Crippen LogP contribution is 2.22. The van der Waals surface area contributed by atoms with Crippen molar-refractivity contribution in [1.82, 2.24) is 15.3 Å². The van der Waals surface area contributed by atoms with Gasteiger partial charge in [-0.25, -0.2) is 4.79 Å². The molecule has 1 aromatic heterocycles. The molecule has 0 saturated carbocycles. The lowest BCUT2D eigenvalue weighted by Crippen LogP contribution is -2.32. The van der Waals surface area contributed by atoms with E-state index in [0.717, 1.165) is 5.56 Å². The molecule has 0 aliphatic rings. The highest BCUT2D eigenvalue weighted by Gasteiger charge is 2.15. The Balaban J connectivity index is 1.92. The Bertz CT molecular complexity index is 695. The monoisotopic (exact) mass is 369 g/mol. The van der Waals surface area contributed by atoms with Gasteiger partial charge in [0.1, 0.15) is 21.7 Å². The molecule has 2 aromatic rings. The van der Waals surface area contributed by atoms with Gasteiger partial charge >= 0.3 is 12.1 Å². The molecule has 6 nitrogen and oxygen atoms in total. The van der Waals surface area contributed by atoms with Crippen LogP contribution in [0.25, 0.3) is 0 Å². The van der Waals surface area contributed by atoms with Crippen LogP contribution < -0.4 is 10.1 Å². The predicted octanol–water partition coefficient (Wildman–Crippen LogP) is 4.60. The summed E-state index contributed by atoms with van der Waals surface area (Å²) in [7, 11) is 0. The second-order valence-corrected chi connectivity index (χ2v) is 6.67. The number of rotatable bonds is 4. The number of aromatic nitrogens is 2. The lowest BCUT2D eigenvalue weighted by Gasteiger charge is -2.19. The van der Waals surface area contributed by atoms with Crippen molar-refractivity contribution in [2.75, 3.05) is 0 Å². The van der Waals surface area contributed by atoms with Crippen LogP contribution >= 0.6 is 23.2 Å². The summed E-state index contributed by atoms with van der Waals surface area (Å²) in [4.78, 5) is 19.4. The molecule has 24 heavy (non-hydrogen) atoms. The molecule has 0 unspecified atom stereocenters. The molecular weight excluding hydrogens is 353 g/mol. The maximum atomic E-state index is 11.6. The smallest absolute Gasteiger partial charge is 0.407 e. The zero-order valence-electron chi connectivity index (χ0n) is 13.5. The topological polar surface area (TPSA) is 73.3 Å². The van der Waals surface area contributed by atoms with Gasteiger partial charge in [-0.05, 0) is 38.5 Å². The van der Waals surface area contributed by atoms with Gasteiger partial charge in [0.2, 0.25) is 0 Å². The number of carbonyl (C=O) groups excluding carboxylic acids is 1. The molecule has 0 atom stereocenters. The molecule has 0 aliphatic carbocycles. The lowest BCUT2D eigenvalue weighted by molar-refractivity contribution is 0.0523. The molecule has 0 spiro atoms. The van der Waals surface area contributed by atoms with E-state index in [-0.39, 0.29) is 16.3 Å². The third-order valence-corrected chi connectivity index (χ3v) is 3.00. The Morgan fingerprint density at radius 2 is 1.71 bits per heavy atom. The molecule has 128 valence electrons. The van der Waals surface area contributed by atoms with Gasteiger partial charge in [0.15, 0.2) is 0 Å². The van der Waals surface area contributed by atoms with E-state index < -0.39 is 11.7 Å². The zero-order valence-corrected chi connectivity index (χ0v) is 15.0. The van der Waals surface area contributed by atoms with Crippen LogP contribution in [0.1, 0.15) is 26.3 Å². The van der Waals surface area contributed by atoms with Gasteiger partial charge < -0.3 is 14.8 Å². The number of alkyl carbamates (subject to hydrolysis) is 1. The number of carbonyl (C=O) groups is 1. The third kappa shape index (κ3) is 6.22. The number of hydrogen-bond acceptors (Lipinski definition) is 5. The SMILES string of the molecule is CC(C)(C)OC(=O)NCc1ccc(Oc2nc(Cl)cc(Cl)n2)cc1. The molecule has 1 aromatic carbocycles. The summed E-state index contributed by atoms with van der Waals surface area (Å²) in [6, 6.07) is 8.54. The van der Waals surface area contributed by atoms with Gasteiger partial charge in [-0.3, -0.25) is 0 Å². The molecule has 0 aliphatic heterocycles. The molecule has 0 saturated heterocycles. The maximum absolute atomic E-state index is 11.6. The molecule has 1 heterocycles. The van der Waals surface area contributed by atoms with Crippen molar-refractivity contribution in [3.8, 4) is 11.8 Å². The highest BCUT2D eigenvalue weighted by molar-refractivity contribution is 6.33. The molecule has 8 heteroatoms. The van der Waals surface area contributed by atoms with E-state index in [9.17, 15) is 4.79 Å². The highest BCUT2D eigenvalue weighted by atomic mass is 35.5. The Morgan fingerprint density at radius 3 is 2.25 bits per heavy atom. The molecule has 1 amide bonds. The maximum Gasteiger partial charge on any atom is 0.407 e. The second kappa shape index (κ2) is 7.68. The minimum atomic E-state index is -0.528. The van der Waals surface area contributed by atoms with Crippen LogP contribution in [0.4, 0.5) is 4.79 Å². The van der Waals surface area contributed by atoms with E-state index in [1.165, 1.54) is 6.07 Å². The van der Waals surface area contributed by atoms with Crippen LogP contribution in [0.15, 0.2) is 30.3 Å². The standard InChI is InChI=1S/C16H17Cl2N3O3/c1-16(2,3)24-15(22)19-9-10-4-6-11(7-5-10)23-14-20-12(17)8-13(18)21-14/h4-8H,9H2,1-3H3,(H,19,22). The number of nitrogens with one attached hydrogen (secondary N) is 1. The van der Waals surface area contributed by atoms with Gasteiger partial charge in [-0.1, -0.05) is 35.3 Å². The van der Waals surface area contributed by atoms with E-state index >= 15 is 0 Å². The largest absolute Gasteiger partial charge is 0.444 e. The van der Waals surface area contributed by atoms with Crippen molar-refractivity contribution >= 4 is 29.3 Å². The van der Waals surface area contributed by atoms with Crippen LogP contribution in [-0.4, -0.2) is 21.7 Å². The van der Waals surface area contributed by atoms with Crippen molar-refractivity contribution in [2.24, 2.45) is 0 Å². The summed E-state index contributed by atoms with van der Waals surface area (Å²) < 4.78 is 10.7. The molecular formula is C16H17Cl2N3O3. The number of nitrogens with zero attached hydrogens (tertiary/aromatic N) is 2. The van der Waals surface area contributed by atoms with Crippen molar-refractivity contribution in [3.05, 3.63) is 46.2 Å².